The van der Waals surface area contributed by atoms with Gasteiger partial charge in [-0.05, 0) is 47.9 Å². The Hall–Kier alpha value is -1.80. The Morgan fingerprint density at radius 1 is 0.711 bits per heavy atom. The molecule has 2 aliphatic carbocycles. The molecule has 2 fully saturated rings. The Balaban J connectivity index is 1.57. The number of benzene rings is 2. The van der Waals surface area contributed by atoms with Crippen molar-refractivity contribution >= 4 is 0 Å². The van der Waals surface area contributed by atoms with E-state index in [0.29, 0.717) is 11.1 Å². The standard InChI is InChI=1S/C32H46O6/c1-3-5-7-9-11-22-13-17-24(18-14-22)27-29(35)31(37)28(30(36,26(34)21-33)32(27,31)38)25-19-15-23(16-20-25)12-10-8-6-4-2/h13-20,26-29,33-38H,3-12,21H2,1-2H3/t26-,27?,28?,29?,30+,31+,32+/m1/s1. The van der Waals surface area contributed by atoms with E-state index in [-0.39, 0.29) is 0 Å². The van der Waals surface area contributed by atoms with E-state index in [1.165, 1.54) is 32.1 Å². The summed E-state index contributed by atoms with van der Waals surface area (Å²) in [5.74, 6) is -2.18. The molecule has 2 aromatic carbocycles. The van der Waals surface area contributed by atoms with E-state index in [9.17, 15) is 30.6 Å². The number of aryl methyl sites for hydroxylation is 2. The van der Waals surface area contributed by atoms with Crippen LogP contribution in [0.5, 0.6) is 0 Å². The summed E-state index contributed by atoms with van der Waals surface area (Å²) in [5, 5.41) is 67.1. The molecule has 0 spiro atoms. The van der Waals surface area contributed by atoms with Gasteiger partial charge in [0.2, 0.25) is 0 Å². The summed E-state index contributed by atoms with van der Waals surface area (Å²) in [6, 6.07) is 14.9. The Morgan fingerprint density at radius 3 is 1.63 bits per heavy atom. The van der Waals surface area contributed by atoms with Gasteiger partial charge in [-0.15, -0.1) is 0 Å². The molecule has 6 N–H and O–H groups in total. The van der Waals surface area contributed by atoms with Crippen molar-refractivity contribution < 1.29 is 30.6 Å². The quantitative estimate of drug-likeness (QED) is 0.209. The van der Waals surface area contributed by atoms with Crippen LogP contribution in [0.2, 0.25) is 0 Å². The molecule has 2 aromatic rings. The molecule has 0 aliphatic heterocycles. The maximum absolute atomic E-state index is 11.8. The predicted octanol–water partition coefficient (Wildman–Crippen LogP) is 3.73. The molecule has 0 bridgehead atoms. The summed E-state index contributed by atoms with van der Waals surface area (Å²) < 4.78 is 0. The highest BCUT2D eigenvalue weighted by Crippen LogP contribution is 2.75. The fraction of sp³-hybridized carbons (Fsp3) is 0.625. The second-order valence-corrected chi connectivity index (χ2v) is 11.6. The molecular formula is C32H46O6. The highest BCUT2D eigenvalue weighted by Gasteiger charge is 2.93. The summed E-state index contributed by atoms with van der Waals surface area (Å²) in [6.45, 7) is 3.56. The lowest BCUT2D eigenvalue weighted by Gasteiger charge is -2.80. The molecule has 4 rings (SSSR count). The largest absolute Gasteiger partial charge is 0.394 e. The fourth-order valence-corrected chi connectivity index (χ4v) is 7.10. The first kappa shape index (κ1) is 29.2. The molecule has 0 saturated heterocycles. The maximum atomic E-state index is 11.8. The Kier molecular flexibility index (Phi) is 9.02. The third-order valence-electron chi connectivity index (χ3n) is 9.29. The highest BCUT2D eigenvalue weighted by molar-refractivity contribution is 5.56. The van der Waals surface area contributed by atoms with Gasteiger partial charge in [0.25, 0.3) is 0 Å². The van der Waals surface area contributed by atoms with Crippen molar-refractivity contribution in [1.29, 1.82) is 0 Å². The van der Waals surface area contributed by atoms with Gasteiger partial charge in [-0.3, -0.25) is 0 Å². The van der Waals surface area contributed by atoms with Gasteiger partial charge in [-0.2, -0.15) is 0 Å². The van der Waals surface area contributed by atoms with E-state index in [2.05, 4.69) is 13.8 Å². The van der Waals surface area contributed by atoms with E-state index in [1.807, 2.05) is 36.4 Å². The van der Waals surface area contributed by atoms with Crippen molar-refractivity contribution in [2.24, 2.45) is 0 Å². The molecule has 0 radical (unpaired) electrons. The van der Waals surface area contributed by atoms with Gasteiger partial charge < -0.3 is 30.6 Å². The zero-order valence-corrected chi connectivity index (χ0v) is 22.9. The van der Waals surface area contributed by atoms with E-state index < -0.39 is 47.5 Å². The number of hydrogen-bond donors (Lipinski definition) is 6. The molecule has 0 amide bonds. The summed E-state index contributed by atoms with van der Waals surface area (Å²) in [4.78, 5) is 0. The van der Waals surface area contributed by atoms with E-state index >= 15 is 0 Å². The SMILES string of the molecule is CCCCCCc1ccc(C2C(O)[C@@]3(O)C(c4ccc(CCCCCC)cc4)[C@@](O)([C@H](O)CO)[C@@]23O)cc1. The Labute approximate surface area is 227 Å². The third kappa shape index (κ3) is 4.43. The number of hydrogen-bond acceptors (Lipinski definition) is 6. The first-order valence-corrected chi connectivity index (χ1v) is 14.5. The zero-order chi connectivity index (χ0) is 27.6. The smallest absolute Gasteiger partial charge is 0.138 e. The topological polar surface area (TPSA) is 121 Å². The van der Waals surface area contributed by atoms with E-state index in [1.54, 1.807) is 12.1 Å². The van der Waals surface area contributed by atoms with Crippen molar-refractivity contribution in [1.82, 2.24) is 0 Å². The van der Waals surface area contributed by atoms with Crippen molar-refractivity contribution in [3.05, 3.63) is 70.8 Å². The summed E-state index contributed by atoms with van der Waals surface area (Å²) in [5.41, 5.74) is -3.19. The summed E-state index contributed by atoms with van der Waals surface area (Å²) >= 11 is 0. The van der Waals surface area contributed by atoms with Gasteiger partial charge in [0.15, 0.2) is 0 Å². The average Bonchev–Trinajstić information content (AvgIpc) is 2.94. The molecule has 7 atom stereocenters. The van der Waals surface area contributed by atoms with Gasteiger partial charge in [-0.1, -0.05) is 101 Å². The first-order chi connectivity index (χ1) is 18.2. The van der Waals surface area contributed by atoms with Crippen LogP contribution >= 0.6 is 0 Å². The average molecular weight is 527 g/mol. The molecule has 6 heteroatoms. The van der Waals surface area contributed by atoms with Crippen LogP contribution in [0.3, 0.4) is 0 Å². The summed E-state index contributed by atoms with van der Waals surface area (Å²) in [7, 11) is 0. The number of rotatable bonds is 14. The lowest BCUT2D eigenvalue weighted by Crippen LogP contribution is -2.99. The second kappa shape index (κ2) is 11.7. The van der Waals surface area contributed by atoms with Gasteiger partial charge in [0.1, 0.15) is 22.9 Å². The van der Waals surface area contributed by atoms with Crippen LogP contribution in [0.25, 0.3) is 0 Å². The number of unbranched alkanes of at least 4 members (excludes halogenated alkanes) is 6. The Morgan fingerprint density at radius 2 is 1.18 bits per heavy atom. The molecule has 210 valence electrons. The zero-order valence-electron chi connectivity index (χ0n) is 22.9. The maximum Gasteiger partial charge on any atom is 0.138 e. The van der Waals surface area contributed by atoms with Crippen molar-refractivity contribution in [3.63, 3.8) is 0 Å². The number of aliphatic hydroxyl groups is 6. The van der Waals surface area contributed by atoms with Gasteiger partial charge in [-0.25, -0.2) is 0 Å². The second-order valence-electron chi connectivity index (χ2n) is 11.6. The molecular weight excluding hydrogens is 480 g/mol. The highest BCUT2D eigenvalue weighted by atomic mass is 16.5. The van der Waals surface area contributed by atoms with Gasteiger partial charge in [0.05, 0.1) is 18.6 Å². The minimum Gasteiger partial charge on any atom is -0.394 e. The number of aliphatic hydroxyl groups excluding tert-OH is 3. The fourth-order valence-electron chi connectivity index (χ4n) is 7.10. The van der Waals surface area contributed by atoms with Crippen LogP contribution in [0, 0.1) is 0 Å². The molecule has 3 unspecified atom stereocenters. The first-order valence-electron chi connectivity index (χ1n) is 14.5. The lowest BCUT2D eigenvalue weighted by atomic mass is 9.30. The number of fused-ring (bicyclic) bond motifs is 1. The van der Waals surface area contributed by atoms with Gasteiger partial charge in [0, 0.05) is 5.92 Å². The van der Waals surface area contributed by atoms with Gasteiger partial charge >= 0.3 is 0 Å². The minimum absolute atomic E-state index is 0.504. The van der Waals surface area contributed by atoms with Crippen LogP contribution in [0.1, 0.15) is 99.3 Å². The molecule has 38 heavy (non-hydrogen) atoms. The van der Waals surface area contributed by atoms with Crippen LogP contribution in [0.15, 0.2) is 48.5 Å². The van der Waals surface area contributed by atoms with Crippen molar-refractivity contribution in [3.8, 4) is 0 Å². The molecule has 2 saturated carbocycles. The van der Waals surface area contributed by atoms with E-state index in [0.717, 1.165) is 43.2 Å². The summed E-state index contributed by atoms with van der Waals surface area (Å²) in [6.07, 6.45) is 8.01. The van der Waals surface area contributed by atoms with Crippen LogP contribution in [-0.4, -0.2) is 66.3 Å². The van der Waals surface area contributed by atoms with E-state index in [4.69, 9.17) is 0 Å². The van der Waals surface area contributed by atoms with Crippen molar-refractivity contribution in [2.75, 3.05) is 6.61 Å². The Bertz CT molecular complexity index is 1040. The molecule has 2 aliphatic rings. The normalized spacial score (nSPS) is 32.8. The lowest BCUT2D eigenvalue weighted by molar-refractivity contribution is -0.459. The van der Waals surface area contributed by atoms with Crippen molar-refractivity contribution in [2.45, 2.75) is 119 Å². The monoisotopic (exact) mass is 526 g/mol. The molecule has 0 heterocycles. The molecule has 0 aromatic heterocycles. The predicted molar refractivity (Wildman–Crippen MR) is 148 cm³/mol. The van der Waals surface area contributed by atoms with Crippen LogP contribution < -0.4 is 0 Å². The van der Waals surface area contributed by atoms with Crippen LogP contribution in [0.4, 0.5) is 0 Å². The minimum atomic E-state index is -2.25. The molecule has 6 nitrogen and oxygen atoms in total. The third-order valence-corrected chi connectivity index (χ3v) is 9.29. The van der Waals surface area contributed by atoms with Crippen LogP contribution in [-0.2, 0) is 12.8 Å².